The van der Waals surface area contributed by atoms with Crippen LogP contribution in [-0.2, 0) is 16.6 Å². The fourth-order valence-corrected chi connectivity index (χ4v) is 2.22. The Balaban J connectivity index is 2.87. The van der Waals surface area contributed by atoms with Crippen LogP contribution < -0.4 is 10.9 Å². The molecule has 0 aliphatic rings. The number of rotatable bonds is 5. The monoisotopic (exact) mass is 284 g/mol. The fraction of sp³-hybridized carbons (Fsp3) is 0.417. The van der Waals surface area contributed by atoms with Crippen LogP contribution in [0.1, 0.15) is 19.4 Å². The van der Waals surface area contributed by atoms with Crippen molar-refractivity contribution in [1.82, 2.24) is 4.90 Å². The second kappa shape index (κ2) is 6.53. The molecule has 0 heterocycles. The lowest BCUT2D eigenvalue weighted by Crippen LogP contribution is -2.37. The van der Waals surface area contributed by atoms with Crippen molar-refractivity contribution >= 4 is 16.0 Å². The van der Waals surface area contributed by atoms with Crippen molar-refractivity contribution in [3.8, 4) is 0 Å². The summed E-state index contributed by atoms with van der Waals surface area (Å²) in [7, 11) is -3.68. The van der Waals surface area contributed by atoms with Crippen molar-refractivity contribution in [1.29, 1.82) is 0 Å². The Morgan fingerprint density at radius 3 is 2.47 bits per heavy atom. The standard InChI is InChI=1S/C12H20N4O2S/c1-3-16(4-2)12(13)15-9-10-6-5-7-11(8-10)19(14,17)18/h5-8H,3-4,9H2,1-2H3,(H2,13,15)(H2,14,17,18). The number of benzene rings is 1. The molecule has 1 aromatic rings. The first-order chi connectivity index (χ1) is 8.88. The molecular formula is C12H20N4O2S. The van der Waals surface area contributed by atoms with Gasteiger partial charge in [0.05, 0.1) is 11.4 Å². The number of nitrogens with zero attached hydrogens (tertiary/aromatic N) is 2. The van der Waals surface area contributed by atoms with Gasteiger partial charge in [0.25, 0.3) is 0 Å². The number of primary sulfonamides is 1. The van der Waals surface area contributed by atoms with Gasteiger partial charge in [-0.15, -0.1) is 0 Å². The van der Waals surface area contributed by atoms with Crippen molar-refractivity contribution in [3.63, 3.8) is 0 Å². The van der Waals surface area contributed by atoms with Gasteiger partial charge >= 0.3 is 0 Å². The molecular weight excluding hydrogens is 264 g/mol. The first-order valence-electron chi connectivity index (χ1n) is 6.05. The first-order valence-corrected chi connectivity index (χ1v) is 7.59. The number of nitrogens with two attached hydrogens (primary N) is 2. The van der Waals surface area contributed by atoms with E-state index < -0.39 is 10.0 Å². The molecule has 6 nitrogen and oxygen atoms in total. The van der Waals surface area contributed by atoms with E-state index in [1.807, 2.05) is 18.7 Å². The molecule has 0 amide bonds. The average Bonchev–Trinajstić information content (AvgIpc) is 2.37. The summed E-state index contributed by atoms with van der Waals surface area (Å²) >= 11 is 0. The second-order valence-electron chi connectivity index (χ2n) is 4.04. The summed E-state index contributed by atoms with van der Waals surface area (Å²) in [5.41, 5.74) is 6.60. The van der Waals surface area contributed by atoms with Gasteiger partial charge < -0.3 is 10.6 Å². The van der Waals surface area contributed by atoms with Crippen molar-refractivity contribution in [2.24, 2.45) is 15.9 Å². The summed E-state index contributed by atoms with van der Waals surface area (Å²) < 4.78 is 22.5. The van der Waals surface area contributed by atoms with Crippen LogP contribution >= 0.6 is 0 Å². The van der Waals surface area contributed by atoms with Gasteiger partial charge in [-0.1, -0.05) is 12.1 Å². The van der Waals surface area contributed by atoms with Crippen molar-refractivity contribution in [2.45, 2.75) is 25.3 Å². The summed E-state index contributed by atoms with van der Waals surface area (Å²) in [6, 6.07) is 6.39. The molecule has 0 aliphatic carbocycles. The molecule has 1 rings (SSSR count). The highest BCUT2D eigenvalue weighted by Crippen LogP contribution is 2.10. The van der Waals surface area contributed by atoms with E-state index in [4.69, 9.17) is 10.9 Å². The Labute approximate surface area is 114 Å². The van der Waals surface area contributed by atoms with Gasteiger partial charge in [0.2, 0.25) is 10.0 Å². The SMILES string of the molecule is CCN(CC)C(N)=NCc1cccc(S(N)(=O)=O)c1. The van der Waals surface area contributed by atoms with Crippen LogP contribution in [0, 0.1) is 0 Å². The Morgan fingerprint density at radius 1 is 1.32 bits per heavy atom. The fourth-order valence-electron chi connectivity index (χ4n) is 1.64. The minimum atomic E-state index is -3.68. The number of aliphatic imine (C=N–C) groups is 1. The summed E-state index contributed by atoms with van der Waals surface area (Å²) in [6.07, 6.45) is 0. The third kappa shape index (κ3) is 4.53. The normalized spacial score (nSPS) is 12.5. The molecule has 0 atom stereocenters. The molecule has 0 bridgehead atoms. The molecule has 0 unspecified atom stereocenters. The highest BCUT2D eigenvalue weighted by molar-refractivity contribution is 7.89. The van der Waals surface area contributed by atoms with Crippen molar-refractivity contribution in [3.05, 3.63) is 29.8 Å². The number of guanidine groups is 1. The van der Waals surface area contributed by atoms with E-state index >= 15 is 0 Å². The molecule has 19 heavy (non-hydrogen) atoms. The van der Waals surface area contributed by atoms with E-state index in [-0.39, 0.29) is 4.90 Å². The highest BCUT2D eigenvalue weighted by Gasteiger charge is 2.08. The van der Waals surface area contributed by atoms with Gasteiger partial charge in [0.1, 0.15) is 0 Å². The van der Waals surface area contributed by atoms with E-state index in [0.717, 1.165) is 18.7 Å². The molecule has 4 N–H and O–H groups in total. The van der Waals surface area contributed by atoms with Crippen LogP contribution in [0.2, 0.25) is 0 Å². The third-order valence-corrected chi connectivity index (χ3v) is 3.65. The quantitative estimate of drug-likeness (QED) is 0.607. The smallest absolute Gasteiger partial charge is 0.238 e. The van der Waals surface area contributed by atoms with Crippen LogP contribution in [0.5, 0.6) is 0 Å². The summed E-state index contributed by atoms with van der Waals surface area (Å²) in [5.74, 6) is 0.450. The molecule has 0 spiro atoms. The predicted molar refractivity (Wildman–Crippen MR) is 76.1 cm³/mol. The lowest BCUT2D eigenvalue weighted by molar-refractivity contribution is 0.458. The molecule has 7 heteroatoms. The van der Waals surface area contributed by atoms with Gasteiger partial charge in [-0.25, -0.2) is 18.5 Å². The zero-order chi connectivity index (χ0) is 14.5. The van der Waals surface area contributed by atoms with Crippen LogP contribution in [0.25, 0.3) is 0 Å². The Hall–Kier alpha value is -1.60. The minimum Gasteiger partial charge on any atom is -0.370 e. The predicted octanol–water partition coefficient (Wildman–Crippen LogP) is 0.491. The number of hydrogen-bond donors (Lipinski definition) is 2. The van der Waals surface area contributed by atoms with Gasteiger partial charge in [-0.2, -0.15) is 0 Å². The maximum atomic E-state index is 11.2. The number of sulfonamides is 1. The summed E-state index contributed by atoms with van der Waals surface area (Å²) in [6.45, 7) is 5.87. The summed E-state index contributed by atoms with van der Waals surface area (Å²) in [4.78, 5) is 6.25. The van der Waals surface area contributed by atoms with Crippen molar-refractivity contribution in [2.75, 3.05) is 13.1 Å². The lowest BCUT2D eigenvalue weighted by atomic mass is 10.2. The summed E-state index contributed by atoms with van der Waals surface area (Å²) in [5, 5.41) is 5.08. The van der Waals surface area contributed by atoms with Gasteiger partial charge in [0, 0.05) is 13.1 Å². The van der Waals surface area contributed by atoms with Gasteiger partial charge in [-0.05, 0) is 31.5 Å². The zero-order valence-electron chi connectivity index (χ0n) is 11.2. The zero-order valence-corrected chi connectivity index (χ0v) is 12.0. The Kier molecular flexibility index (Phi) is 5.31. The molecule has 0 aliphatic heterocycles. The molecule has 0 radical (unpaired) electrons. The van der Waals surface area contributed by atoms with Crippen LogP contribution in [0.15, 0.2) is 34.2 Å². The van der Waals surface area contributed by atoms with Gasteiger partial charge in [0.15, 0.2) is 5.96 Å². The molecule has 0 saturated heterocycles. The maximum absolute atomic E-state index is 11.2. The third-order valence-electron chi connectivity index (χ3n) is 2.74. The molecule has 0 fully saturated rings. The van der Waals surface area contributed by atoms with Crippen LogP contribution in [0.4, 0.5) is 0 Å². The molecule has 0 saturated carbocycles. The largest absolute Gasteiger partial charge is 0.370 e. The van der Waals surface area contributed by atoms with E-state index in [9.17, 15) is 8.42 Å². The highest BCUT2D eigenvalue weighted by atomic mass is 32.2. The Morgan fingerprint density at radius 2 is 1.95 bits per heavy atom. The van der Waals surface area contributed by atoms with E-state index in [1.165, 1.54) is 12.1 Å². The topological polar surface area (TPSA) is 102 Å². The van der Waals surface area contributed by atoms with E-state index in [2.05, 4.69) is 4.99 Å². The molecule has 106 valence electrons. The van der Waals surface area contributed by atoms with E-state index in [1.54, 1.807) is 12.1 Å². The van der Waals surface area contributed by atoms with Crippen molar-refractivity contribution < 1.29 is 8.42 Å². The van der Waals surface area contributed by atoms with E-state index in [0.29, 0.717) is 12.5 Å². The second-order valence-corrected chi connectivity index (χ2v) is 5.60. The average molecular weight is 284 g/mol. The first kappa shape index (κ1) is 15.5. The van der Waals surface area contributed by atoms with Crippen LogP contribution in [-0.4, -0.2) is 32.4 Å². The van der Waals surface area contributed by atoms with Crippen LogP contribution in [0.3, 0.4) is 0 Å². The van der Waals surface area contributed by atoms with Gasteiger partial charge in [-0.3, -0.25) is 0 Å². The maximum Gasteiger partial charge on any atom is 0.238 e. The Bertz CT molecular complexity index is 551. The lowest BCUT2D eigenvalue weighted by Gasteiger charge is -2.19. The molecule has 0 aromatic heterocycles. The minimum absolute atomic E-state index is 0.0848. The number of hydrogen-bond acceptors (Lipinski definition) is 3. The molecule has 1 aromatic carbocycles.